The highest BCUT2D eigenvalue weighted by atomic mass is 16.5. The first-order chi connectivity index (χ1) is 13.0. The fourth-order valence-corrected chi connectivity index (χ4v) is 3.90. The van der Waals surface area contributed by atoms with Gasteiger partial charge in [-0.3, -0.25) is 9.59 Å². The van der Waals surface area contributed by atoms with Crippen molar-refractivity contribution < 1.29 is 18.8 Å². The second-order valence-electron chi connectivity index (χ2n) is 7.48. The molecule has 1 atom stereocenters. The predicted molar refractivity (Wildman–Crippen MR) is 98.2 cm³/mol. The van der Waals surface area contributed by atoms with Gasteiger partial charge in [0.25, 0.3) is 5.91 Å². The van der Waals surface area contributed by atoms with E-state index < -0.39 is 0 Å². The molecule has 2 aliphatic rings. The third kappa shape index (κ3) is 3.73. The molecule has 0 bridgehead atoms. The molecule has 2 aromatic rings. The summed E-state index contributed by atoms with van der Waals surface area (Å²) in [4.78, 5) is 28.8. The summed E-state index contributed by atoms with van der Waals surface area (Å²) < 4.78 is 10.9. The van der Waals surface area contributed by atoms with Gasteiger partial charge in [-0.05, 0) is 25.5 Å². The summed E-state index contributed by atoms with van der Waals surface area (Å²) in [5.41, 5.74) is 1.40. The Kier molecular flexibility index (Phi) is 4.70. The average molecular weight is 369 g/mol. The lowest BCUT2D eigenvalue weighted by Crippen LogP contribution is -2.43. The zero-order valence-corrected chi connectivity index (χ0v) is 15.4. The number of nitrogens with zero attached hydrogens (tertiary/aromatic N) is 3. The van der Waals surface area contributed by atoms with E-state index in [0.29, 0.717) is 32.0 Å². The van der Waals surface area contributed by atoms with Crippen molar-refractivity contribution in [3.05, 3.63) is 47.9 Å². The van der Waals surface area contributed by atoms with E-state index in [4.69, 9.17) is 9.26 Å². The van der Waals surface area contributed by atoms with Gasteiger partial charge in [-0.15, -0.1) is 0 Å². The Bertz CT molecular complexity index is 835. The standard InChI is InChI=1S/C20H23N3O4/c1-15-9-17(27-21-15)10-18(24)22-8-7-20(12-22)13-23(19(25)11-26-14-20)16-5-3-2-4-6-16/h2-6,9H,7-8,10-14H2,1H3. The number of hydrogen-bond acceptors (Lipinski definition) is 5. The molecule has 1 unspecified atom stereocenters. The van der Waals surface area contributed by atoms with E-state index in [0.717, 1.165) is 17.8 Å². The Morgan fingerprint density at radius 2 is 2.07 bits per heavy atom. The number of carbonyl (C=O) groups is 2. The van der Waals surface area contributed by atoms with Gasteiger partial charge in [-0.2, -0.15) is 0 Å². The second-order valence-corrected chi connectivity index (χ2v) is 7.48. The number of benzene rings is 1. The van der Waals surface area contributed by atoms with E-state index in [1.165, 1.54) is 0 Å². The molecule has 2 aliphatic heterocycles. The molecule has 1 aromatic heterocycles. The molecule has 2 saturated heterocycles. The third-order valence-corrected chi connectivity index (χ3v) is 5.29. The van der Waals surface area contributed by atoms with Crippen molar-refractivity contribution in [1.29, 1.82) is 0 Å². The van der Waals surface area contributed by atoms with Crippen LogP contribution in [0.4, 0.5) is 5.69 Å². The van der Waals surface area contributed by atoms with Crippen molar-refractivity contribution in [1.82, 2.24) is 10.1 Å². The number of ether oxygens (including phenoxy) is 1. The number of anilines is 1. The topological polar surface area (TPSA) is 75.9 Å². The Morgan fingerprint density at radius 1 is 1.26 bits per heavy atom. The molecule has 2 amide bonds. The van der Waals surface area contributed by atoms with E-state index in [9.17, 15) is 9.59 Å². The highest BCUT2D eigenvalue weighted by molar-refractivity contribution is 5.94. The molecule has 0 saturated carbocycles. The van der Waals surface area contributed by atoms with Crippen LogP contribution in [0.5, 0.6) is 0 Å². The van der Waals surface area contributed by atoms with Gasteiger partial charge in [-0.1, -0.05) is 23.4 Å². The van der Waals surface area contributed by atoms with E-state index >= 15 is 0 Å². The zero-order valence-electron chi connectivity index (χ0n) is 15.4. The minimum atomic E-state index is -0.241. The molecule has 3 heterocycles. The van der Waals surface area contributed by atoms with Gasteiger partial charge in [0.2, 0.25) is 5.91 Å². The fraction of sp³-hybridized carbons (Fsp3) is 0.450. The predicted octanol–water partition coefficient (Wildman–Crippen LogP) is 1.81. The first-order valence-electron chi connectivity index (χ1n) is 9.18. The molecule has 142 valence electrons. The van der Waals surface area contributed by atoms with Crippen LogP contribution >= 0.6 is 0 Å². The van der Waals surface area contributed by atoms with Crippen molar-refractivity contribution in [2.24, 2.45) is 5.41 Å². The Labute approximate surface area is 157 Å². The van der Waals surface area contributed by atoms with E-state index in [1.54, 1.807) is 11.0 Å². The van der Waals surface area contributed by atoms with Crippen LogP contribution < -0.4 is 4.90 Å². The molecular weight excluding hydrogens is 346 g/mol. The average Bonchev–Trinajstić information content (AvgIpc) is 3.22. The maximum atomic E-state index is 12.7. The summed E-state index contributed by atoms with van der Waals surface area (Å²) in [6.45, 7) is 4.18. The number of aryl methyl sites for hydroxylation is 1. The molecule has 4 rings (SSSR count). The van der Waals surface area contributed by atoms with Gasteiger partial charge in [-0.25, -0.2) is 0 Å². The molecule has 0 radical (unpaired) electrons. The lowest BCUT2D eigenvalue weighted by atomic mass is 9.87. The van der Waals surface area contributed by atoms with Crippen molar-refractivity contribution in [2.45, 2.75) is 19.8 Å². The number of amides is 2. The van der Waals surface area contributed by atoms with Gasteiger partial charge in [0.1, 0.15) is 12.4 Å². The highest BCUT2D eigenvalue weighted by Gasteiger charge is 2.44. The van der Waals surface area contributed by atoms with Gasteiger partial charge in [0, 0.05) is 36.8 Å². The van der Waals surface area contributed by atoms with Crippen molar-refractivity contribution >= 4 is 17.5 Å². The number of aromatic nitrogens is 1. The smallest absolute Gasteiger partial charge is 0.252 e. The molecule has 0 N–H and O–H groups in total. The molecular formula is C20H23N3O4. The lowest BCUT2D eigenvalue weighted by molar-refractivity contribution is -0.130. The molecule has 7 nitrogen and oxygen atoms in total. The summed E-state index contributed by atoms with van der Waals surface area (Å²) in [6.07, 6.45) is 1.02. The summed E-state index contributed by atoms with van der Waals surface area (Å²) in [6, 6.07) is 11.4. The van der Waals surface area contributed by atoms with Crippen LogP contribution in [0.2, 0.25) is 0 Å². The Balaban J connectivity index is 1.48. The largest absolute Gasteiger partial charge is 0.371 e. The molecule has 0 aliphatic carbocycles. The highest BCUT2D eigenvalue weighted by Crippen LogP contribution is 2.35. The minimum Gasteiger partial charge on any atom is -0.371 e. The summed E-state index contributed by atoms with van der Waals surface area (Å²) in [5, 5.41) is 3.83. The van der Waals surface area contributed by atoms with Crippen LogP contribution in [0.1, 0.15) is 17.9 Å². The number of carbonyl (C=O) groups excluding carboxylic acids is 2. The lowest BCUT2D eigenvalue weighted by Gasteiger charge is -2.31. The van der Waals surface area contributed by atoms with E-state index in [1.807, 2.05) is 42.2 Å². The van der Waals surface area contributed by atoms with Crippen molar-refractivity contribution in [2.75, 3.05) is 37.7 Å². The number of likely N-dealkylation sites (tertiary alicyclic amines) is 1. The van der Waals surface area contributed by atoms with Gasteiger partial charge >= 0.3 is 0 Å². The quantitative estimate of drug-likeness (QED) is 0.825. The summed E-state index contributed by atoms with van der Waals surface area (Å²) >= 11 is 0. The summed E-state index contributed by atoms with van der Waals surface area (Å²) in [5.74, 6) is 0.557. The number of rotatable bonds is 3. The van der Waals surface area contributed by atoms with Crippen molar-refractivity contribution in [3.8, 4) is 0 Å². The first kappa shape index (κ1) is 17.7. The van der Waals surface area contributed by atoms with Crippen LogP contribution in [0.15, 0.2) is 40.9 Å². The molecule has 7 heteroatoms. The first-order valence-corrected chi connectivity index (χ1v) is 9.18. The minimum absolute atomic E-state index is 0.0184. The Hall–Kier alpha value is -2.67. The third-order valence-electron chi connectivity index (χ3n) is 5.29. The zero-order chi connectivity index (χ0) is 18.9. The van der Waals surface area contributed by atoms with Crippen LogP contribution in [0.3, 0.4) is 0 Å². The summed E-state index contributed by atoms with van der Waals surface area (Å²) in [7, 11) is 0. The second kappa shape index (κ2) is 7.15. The molecule has 1 aromatic carbocycles. The number of hydrogen-bond donors (Lipinski definition) is 0. The van der Waals surface area contributed by atoms with Gasteiger partial charge in [0.05, 0.1) is 18.7 Å². The molecule has 27 heavy (non-hydrogen) atoms. The SMILES string of the molecule is Cc1cc(CC(=O)N2CCC3(COCC(=O)N(c4ccccc4)C3)C2)on1. The van der Waals surface area contributed by atoms with Crippen LogP contribution in [0.25, 0.3) is 0 Å². The normalized spacial score (nSPS) is 23.1. The number of para-hydroxylation sites is 1. The van der Waals surface area contributed by atoms with Crippen LogP contribution in [-0.4, -0.2) is 54.7 Å². The van der Waals surface area contributed by atoms with Gasteiger partial charge < -0.3 is 19.1 Å². The monoisotopic (exact) mass is 369 g/mol. The fourth-order valence-electron chi connectivity index (χ4n) is 3.90. The maximum absolute atomic E-state index is 12.7. The van der Waals surface area contributed by atoms with Crippen molar-refractivity contribution in [3.63, 3.8) is 0 Å². The molecule has 1 spiro atoms. The van der Waals surface area contributed by atoms with Crippen LogP contribution in [-0.2, 0) is 20.7 Å². The molecule has 2 fully saturated rings. The van der Waals surface area contributed by atoms with E-state index in [-0.39, 0.29) is 30.3 Å². The van der Waals surface area contributed by atoms with Gasteiger partial charge in [0.15, 0.2) is 0 Å². The Morgan fingerprint density at radius 3 is 2.81 bits per heavy atom. The maximum Gasteiger partial charge on any atom is 0.252 e. The van der Waals surface area contributed by atoms with E-state index in [2.05, 4.69) is 5.16 Å². The van der Waals surface area contributed by atoms with Crippen LogP contribution in [0, 0.1) is 12.3 Å².